The van der Waals surface area contributed by atoms with E-state index in [1.807, 2.05) is 9.13 Å². The first-order valence-electron chi connectivity index (χ1n) is 26.1. The van der Waals surface area contributed by atoms with Crippen molar-refractivity contribution in [2.45, 2.75) is 52.4 Å². The van der Waals surface area contributed by atoms with Crippen LogP contribution >= 0.6 is 0 Å². The van der Waals surface area contributed by atoms with Crippen LogP contribution in [-0.4, -0.2) is 14.1 Å². The Labute approximate surface area is 471 Å². The Morgan fingerprint density at radius 2 is 0.667 bits per heavy atom. The summed E-state index contributed by atoms with van der Waals surface area (Å²) in [5.41, 5.74) is 4.44. The van der Waals surface area contributed by atoms with Gasteiger partial charge in [-0.15, -0.1) is 0 Å². The molecule has 3 heterocycles. The molecule has 0 saturated heterocycles. The smallest absolute Gasteiger partial charge is 0.307 e. The highest BCUT2D eigenvalue weighted by Crippen LogP contribution is 2.45. The van der Waals surface area contributed by atoms with Gasteiger partial charge in [-0.3, -0.25) is 4.57 Å². The minimum atomic E-state index is -4.66. The lowest BCUT2D eigenvalue weighted by atomic mass is 9.96. The summed E-state index contributed by atoms with van der Waals surface area (Å²) in [5.74, 6) is 0.289. The first-order valence-corrected chi connectivity index (χ1v) is 26.1. The van der Waals surface area contributed by atoms with Crippen LogP contribution < -0.4 is 0 Å². The lowest BCUT2D eigenvalue weighted by molar-refractivity contribution is -0.138. The van der Waals surface area contributed by atoms with Crippen molar-refractivity contribution < 1.29 is 52.7 Å². The second-order valence-electron chi connectivity index (χ2n) is 21.2. The highest BCUT2D eigenvalue weighted by molar-refractivity contribution is 6.13. The lowest BCUT2D eigenvalue weighted by Gasteiger charge is -2.17. The van der Waals surface area contributed by atoms with Gasteiger partial charge in [-0.05, 0) is 204 Å². The lowest BCUT2D eigenvalue weighted by Crippen LogP contribution is -2.05. The highest BCUT2D eigenvalue weighted by atomic mass is 19.4. The van der Waals surface area contributed by atoms with Crippen LogP contribution in [0.15, 0.2) is 182 Å². The van der Waals surface area contributed by atoms with E-state index in [0.29, 0.717) is 105 Å². The van der Waals surface area contributed by atoms with Crippen LogP contribution in [0.5, 0.6) is 0 Å². The summed E-state index contributed by atoms with van der Waals surface area (Å²) < 4.78 is 175. The third kappa shape index (κ3) is 9.96. The molecular weight excluding hydrogens is 1100 g/mol. The number of hydrogen-bond acceptors (Lipinski definition) is 2. The van der Waals surface area contributed by atoms with Gasteiger partial charge in [0.15, 0.2) is 0 Å². The molecule has 0 amide bonds. The van der Waals surface area contributed by atoms with Crippen LogP contribution in [0.4, 0.5) is 52.7 Å². The molecule has 4 nitrogen and oxygen atoms in total. The Balaban J connectivity index is 1.13. The molecule has 0 fully saturated rings. The zero-order valence-electron chi connectivity index (χ0n) is 44.6. The zero-order valence-corrected chi connectivity index (χ0v) is 44.6. The van der Waals surface area contributed by atoms with Gasteiger partial charge >= 0.3 is 24.7 Å². The number of benzene rings is 9. The van der Waals surface area contributed by atoms with Crippen molar-refractivity contribution >= 4 is 43.6 Å². The van der Waals surface area contributed by atoms with Gasteiger partial charge in [0.2, 0.25) is 0 Å². The fourth-order valence-corrected chi connectivity index (χ4v) is 11.5. The van der Waals surface area contributed by atoms with Gasteiger partial charge in [0, 0.05) is 32.7 Å². The zero-order chi connectivity index (χ0) is 59.5. The molecule has 0 spiro atoms. The molecule has 0 aliphatic heterocycles. The topological polar surface area (TPSA) is 46.5 Å². The van der Waals surface area contributed by atoms with Gasteiger partial charge in [0.05, 0.1) is 67.8 Å². The number of nitriles is 1. The number of pyridine rings is 1. The van der Waals surface area contributed by atoms with Gasteiger partial charge in [-0.25, -0.2) is 4.98 Å². The molecule has 0 unspecified atom stereocenters. The Bertz CT molecular complexity index is 4500. The van der Waals surface area contributed by atoms with E-state index in [2.05, 4.69) is 6.07 Å². The molecule has 418 valence electrons. The summed E-state index contributed by atoms with van der Waals surface area (Å²) >= 11 is 0. The summed E-state index contributed by atoms with van der Waals surface area (Å²) in [6.07, 6.45) is -17.0. The molecular formula is C68H42F12N4. The van der Waals surface area contributed by atoms with Crippen molar-refractivity contribution in [2.75, 3.05) is 0 Å². The Hall–Kier alpha value is -9.62. The van der Waals surface area contributed by atoms with Crippen molar-refractivity contribution in [1.29, 1.82) is 5.26 Å². The van der Waals surface area contributed by atoms with E-state index in [9.17, 15) is 57.9 Å². The average molecular weight is 1140 g/mol. The summed E-state index contributed by atoms with van der Waals surface area (Å²) in [5, 5.41) is 12.8. The number of halogens is 12. The highest BCUT2D eigenvalue weighted by Gasteiger charge is 2.35. The van der Waals surface area contributed by atoms with Crippen LogP contribution in [0.25, 0.3) is 111 Å². The van der Waals surface area contributed by atoms with Crippen molar-refractivity contribution in [2.24, 2.45) is 0 Å². The maximum Gasteiger partial charge on any atom is 0.416 e. The van der Waals surface area contributed by atoms with Crippen molar-refractivity contribution in [1.82, 2.24) is 14.1 Å². The van der Waals surface area contributed by atoms with Crippen LogP contribution in [0, 0.1) is 39.0 Å². The van der Waals surface area contributed by atoms with Gasteiger partial charge in [-0.1, -0.05) is 66.7 Å². The first kappa shape index (κ1) is 54.9. The predicted octanol–water partition coefficient (Wildman–Crippen LogP) is 20.8. The summed E-state index contributed by atoms with van der Waals surface area (Å²) in [6.45, 7) is 6.22. The largest absolute Gasteiger partial charge is 0.416 e. The van der Waals surface area contributed by atoms with Crippen LogP contribution in [0.2, 0.25) is 0 Å². The number of aryl methyl sites for hydroxylation is 4. The molecule has 3 aromatic heterocycles. The standard InChI is InChI=1S/C68H42F12N4/c1-36-17-45(25-49(21-36)65(69,70)71)40-9-13-59-54(29-40)55-30-41(46-18-37(2)22-50(26-46)66(72,73)74)10-14-60(55)83(59)63-35-82-64(33-58(63)53-8-6-5-7-44(53)34-81)84-61-15-11-42(47-19-38(3)23-51(27-47)67(75,76)77)31-56(61)57-32-43(12-16-62(57)84)48-20-39(4)24-52(28-48)68(78,79)80/h5-33,35H,1-4H3. The summed E-state index contributed by atoms with van der Waals surface area (Å²) in [6, 6.07) is 46.3. The van der Waals surface area contributed by atoms with E-state index in [-0.39, 0.29) is 33.6 Å². The summed E-state index contributed by atoms with van der Waals surface area (Å²) in [7, 11) is 0. The molecule has 0 saturated carbocycles. The number of alkyl halides is 12. The fourth-order valence-electron chi connectivity index (χ4n) is 11.5. The van der Waals surface area contributed by atoms with Gasteiger partial charge in [-0.2, -0.15) is 57.9 Å². The molecule has 0 aliphatic carbocycles. The third-order valence-electron chi connectivity index (χ3n) is 15.2. The number of aromatic nitrogens is 3. The van der Waals surface area contributed by atoms with Crippen LogP contribution in [0.3, 0.4) is 0 Å². The van der Waals surface area contributed by atoms with E-state index in [0.717, 1.165) is 48.5 Å². The van der Waals surface area contributed by atoms with E-state index >= 15 is 0 Å². The normalized spacial score (nSPS) is 12.5. The molecule has 12 rings (SSSR count). The predicted molar refractivity (Wildman–Crippen MR) is 304 cm³/mol. The fraction of sp³-hybridized carbons (Fsp3) is 0.118. The second kappa shape index (κ2) is 19.8. The quantitative estimate of drug-likeness (QED) is 0.149. The molecule has 0 bridgehead atoms. The van der Waals surface area contributed by atoms with Gasteiger partial charge < -0.3 is 4.57 Å². The molecule has 84 heavy (non-hydrogen) atoms. The maximum atomic E-state index is 14.3. The van der Waals surface area contributed by atoms with Crippen molar-refractivity contribution in [3.63, 3.8) is 0 Å². The molecule has 0 N–H and O–H groups in total. The molecule has 9 aromatic carbocycles. The first-order chi connectivity index (χ1) is 39.7. The second-order valence-corrected chi connectivity index (χ2v) is 21.2. The Kier molecular flexibility index (Phi) is 12.9. The SMILES string of the molecule is Cc1cc(-c2ccc3c(c2)c2cc(-c4cc(C)cc(C(F)(F)F)c4)ccc2n3-c2cc(-c3ccccc3C#N)c(-n3c4ccc(-c5cc(C)cc(C(F)(F)F)c5)cc4c4cc(-c5cc(C)cc(C(F)(F)F)c5)ccc43)cn2)cc(C(F)(F)F)c1. The molecule has 0 atom stereocenters. The molecule has 0 radical (unpaired) electrons. The number of rotatable bonds is 7. The molecule has 16 heteroatoms. The molecule has 12 aromatic rings. The van der Waals surface area contributed by atoms with Gasteiger partial charge in [0.25, 0.3) is 0 Å². The van der Waals surface area contributed by atoms with Crippen molar-refractivity contribution in [3.05, 3.63) is 232 Å². The Morgan fingerprint density at radius 3 is 0.988 bits per heavy atom. The van der Waals surface area contributed by atoms with Crippen LogP contribution in [0.1, 0.15) is 50.1 Å². The van der Waals surface area contributed by atoms with E-state index in [1.165, 1.54) is 0 Å². The third-order valence-corrected chi connectivity index (χ3v) is 15.2. The minimum absolute atomic E-state index is 0.255. The monoisotopic (exact) mass is 1140 g/mol. The maximum absolute atomic E-state index is 14.3. The Morgan fingerprint density at radius 1 is 0.345 bits per heavy atom. The van der Waals surface area contributed by atoms with E-state index in [4.69, 9.17) is 4.98 Å². The average Bonchev–Trinajstić information content (AvgIpc) is 2.74. The number of hydrogen-bond donors (Lipinski definition) is 0. The van der Waals surface area contributed by atoms with E-state index in [1.54, 1.807) is 161 Å². The minimum Gasteiger partial charge on any atom is -0.307 e. The van der Waals surface area contributed by atoms with Gasteiger partial charge in [0.1, 0.15) is 5.82 Å². The van der Waals surface area contributed by atoms with E-state index < -0.39 is 47.0 Å². The van der Waals surface area contributed by atoms with Crippen LogP contribution in [-0.2, 0) is 24.7 Å². The summed E-state index contributed by atoms with van der Waals surface area (Å²) in [4.78, 5) is 5.11. The number of fused-ring (bicyclic) bond motifs is 6. The molecule has 0 aliphatic rings. The van der Waals surface area contributed by atoms with Crippen molar-refractivity contribution in [3.8, 4) is 73.2 Å². The number of nitrogens with zero attached hydrogens (tertiary/aromatic N) is 4.